The molecule has 1 aromatic heterocycles. The number of hydrogen-bond donors (Lipinski definition) is 0. The van der Waals surface area contributed by atoms with Gasteiger partial charge in [0.25, 0.3) is 0 Å². The Labute approximate surface area is 157 Å². The van der Waals surface area contributed by atoms with Crippen molar-refractivity contribution in [2.24, 2.45) is 11.8 Å². The predicted octanol–water partition coefficient (Wildman–Crippen LogP) is 4.83. The van der Waals surface area contributed by atoms with Crippen LogP contribution in [0.25, 0.3) is 5.69 Å². The summed E-state index contributed by atoms with van der Waals surface area (Å²) in [6.45, 7) is 4.29. The van der Waals surface area contributed by atoms with Gasteiger partial charge in [0.15, 0.2) is 15.5 Å². The van der Waals surface area contributed by atoms with Gasteiger partial charge in [0.1, 0.15) is 5.82 Å². The lowest BCUT2D eigenvalue weighted by molar-refractivity contribution is -0.141. The van der Waals surface area contributed by atoms with Gasteiger partial charge in [-0.3, -0.25) is 0 Å². The maximum Gasteiger partial charge on any atom is 0.434 e. The van der Waals surface area contributed by atoms with E-state index in [-0.39, 0.29) is 10.8 Å². The van der Waals surface area contributed by atoms with Crippen LogP contribution in [-0.2, 0) is 16.0 Å². The van der Waals surface area contributed by atoms with Crippen LogP contribution in [0.2, 0.25) is 0 Å². The second kappa shape index (κ2) is 6.96. The number of alkyl halides is 3. The minimum atomic E-state index is -4.53. The van der Waals surface area contributed by atoms with Gasteiger partial charge in [-0.05, 0) is 55.4 Å². The van der Waals surface area contributed by atoms with E-state index >= 15 is 0 Å². The summed E-state index contributed by atoms with van der Waals surface area (Å²) in [5, 5.41) is 0. The van der Waals surface area contributed by atoms with Crippen LogP contribution in [0.1, 0.15) is 50.5 Å². The number of halogens is 3. The van der Waals surface area contributed by atoms with Crippen molar-refractivity contribution in [2.45, 2.75) is 50.1 Å². The van der Waals surface area contributed by atoms with E-state index < -0.39 is 21.7 Å². The van der Waals surface area contributed by atoms with Crippen molar-refractivity contribution in [1.29, 1.82) is 0 Å². The summed E-state index contributed by atoms with van der Waals surface area (Å²) in [5.74, 6) is 1.30. The molecular formula is C19H23F3N2O2S. The molecule has 1 aromatic carbocycles. The van der Waals surface area contributed by atoms with E-state index in [1.165, 1.54) is 28.8 Å². The summed E-state index contributed by atoms with van der Waals surface area (Å²) in [6, 6.07) is 5.87. The van der Waals surface area contributed by atoms with E-state index in [1.807, 2.05) is 0 Å². The van der Waals surface area contributed by atoms with E-state index in [0.717, 1.165) is 31.7 Å². The third kappa shape index (κ3) is 4.20. The molecule has 148 valence electrons. The van der Waals surface area contributed by atoms with Gasteiger partial charge in [0, 0.05) is 24.1 Å². The van der Waals surface area contributed by atoms with Gasteiger partial charge in [0.05, 0.1) is 4.90 Å². The fourth-order valence-electron chi connectivity index (χ4n) is 3.66. The Morgan fingerprint density at radius 1 is 1.07 bits per heavy atom. The zero-order valence-corrected chi connectivity index (χ0v) is 16.3. The van der Waals surface area contributed by atoms with Gasteiger partial charge in [-0.25, -0.2) is 13.4 Å². The van der Waals surface area contributed by atoms with Crippen LogP contribution >= 0.6 is 0 Å². The highest BCUT2D eigenvalue weighted by atomic mass is 32.2. The molecule has 1 saturated carbocycles. The molecular weight excluding hydrogens is 377 g/mol. The maximum atomic E-state index is 13.3. The van der Waals surface area contributed by atoms with Crippen molar-refractivity contribution in [2.75, 3.05) is 6.26 Å². The number of benzene rings is 1. The molecule has 3 rings (SSSR count). The Bertz CT molecular complexity index is 917. The smallest absolute Gasteiger partial charge is 0.303 e. The molecule has 1 fully saturated rings. The normalized spacial score (nSPS) is 24.1. The third-order valence-corrected chi connectivity index (χ3v) is 6.66. The Kier molecular flexibility index (Phi) is 5.14. The largest absolute Gasteiger partial charge is 0.434 e. The lowest BCUT2D eigenvalue weighted by Crippen LogP contribution is -2.21. The Morgan fingerprint density at radius 3 is 2.22 bits per heavy atom. The topological polar surface area (TPSA) is 52.0 Å². The maximum absolute atomic E-state index is 13.3. The predicted molar refractivity (Wildman–Crippen MR) is 96.6 cm³/mol. The standard InChI is InChI=1S/C19H23F3N2O2S/c1-12-4-5-14(10-13(12)2)18-23-17(19(20,21)22)11-24(18)15-6-8-16(9-7-15)27(3,25)26/h6-9,11-14H,4-5,10H2,1-3H3. The molecule has 0 radical (unpaired) electrons. The van der Waals surface area contributed by atoms with Crippen LogP contribution < -0.4 is 0 Å². The van der Waals surface area contributed by atoms with Gasteiger partial charge in [0.2, 0.25) is 0 Å². The number of aromatic nitrogens is 2. The number of imidazole rings is 1. The molecule has 2 aromatic rings. The Hall–Kier alpha value is -1.83. The third-order valence-electron chi connectivity index (χ3n) is 5.53. The van der Waals surface area contributed by atoms with Crippen LogP contribution in [0.4, 0.5) is 13.2 Å². The number of sulfone groups is 1. The number of nitrogens with zero attached hydrogens (tertiary/aromatic N) is 2. The second-order valence-electron chi connectivity index (χ2n) is 7.58. The molecule has 0 bridgehead atoms. The summed E-state index contributed by atoms with van der Waals surface area (Å²) in [7, 11) is -3.37. The van der Waals surface area contributed by atoms with E-state index in [0.29, 0.717) is 23.3 Å². The van der Waals surface area contributed by atoms with E-state index in [1.54, 1.807) is 0 Å². The SMILES string of the molecule is CC1CCC(c2nc(C(F)(F)F)cn2-c2ccc(S(C)(=O)=O)cc2)CC1C. The minimum Gasteiger partial charge on any atom is -0.303 e. The van der Waals surface area contributed by atoms with Gasteiger partial charge in [-0.2, -0.15) is 13.2 Å². The van der Waals surface area contributed by atoms with Gasteiger partial charge in [-0.15, -0.1) is 0 Å². The van der Waals surface area contributed by atoms with Crippen LogP contribution in [0, 0.1) is 11.8 Å². The summed E-state index contributed by atoms with van der Waals surface area (Å²) >= 11 is 0. The van der Waals surface area contributed by atoms with Gasteiger partial charge in [-0.1, -0.05) is 13.8 Å². The number of rotatable bonds is 3. The molecule has 0 aliphatic heterocycles. The Morgan fingerprint density at radius 2 is 1.70 bits per heavy atom. The first-order valence-electron chi connectivity index (χ1n) is 8.94. The first-order valence-corrected chi connectivity index (χ1v) is 10.8. The molecule has 27 heavy (non-hydrogen) atoms. The molecule has 1 heterocycles. The first kappa shape index (κ1) is 19.9. The second-order valence-corrected chi connectivity index (χ2v) is 9.60. The molecule has 3 atom stereocenters. The minimum absolute atomic E-state index is 0.0538. The van der Waals surface area contributed by atoms with Crippen LogP contribution in [0.15, 0.2) is 35.4 Å². The van der Waals surface area contributed by atoms with Crippen molar-refractivity contribution in [3.63, 3.8) is 0 Å². The van der Waals surface area contributed by atoms with Crippen LogP contribution in [-0.4, -0.2) is 24.2 Å². The summed E-state index contributed by atoms with van der Waals surface area (Å²) in [4.78, 5) is 4.06. The number of hydrogen-bond acceptors (Lipinski definition) is 3. The van der Waals surface area contributed by atoms with E-state index in [2.05, 4.69) is 18.8 Å². The molecule has 3 unspecified atom stereocenters. The van der Waals surface area contributed by atoms with Crippen molar-refractivity contribution in [3.8, 4) is 5.69 Å². The Balaban J connectivity index is 2.04. The molecule has 0 N–H and O–H groups in total. The molecule has 0 spiro atoms. The lowest BCUT2D eigenvalue weighted by Gasteiger charge is -2.32. The summed E-state index contributed by atoms with van der Waals surface area (Å²) < 4.78 is 64.5. The highest BCUT2D eigenvalue weighted by molar-refractivity contribution is 7.90. The molecule has 0 saturated heterocycles. The van der Waals surface area contributed by atoms with Gasteiger partial charge < -0.3 is 4.57 Å². The molecule has 1 aliphatic carbocycles. The van der Waals surface area contributed by atoms with Crippen molar-refractivity contribution in [3.05, 3.63) is 42.0 Å². The van der Waals surface area contributed by atoms with Gasteiger partial charge >= 0.3 is 6.18 Å². The average Bonchev–Trinajstić information content (AvgIpc) is 3.02. The molecule has 4 nitrogen and oxygen atoms in total. The summed E-state index contributed by atoms with van der Waals surface area (Å²) in [5.41, 5.74) is -0.442. The van der Waals surface area contributed by atoms with Crippen LogP contribution in [0.3, 0.4) is 0 Å². The highest BCUT2D eigenvalue weighted by Gasteiger charge is 2.37. The quantitative estimate of drug-likeness (QED) is 0.741. The van der Waals surface area contributed by atoms with Crippen molar-refractivity contribution in [1.82, 2.24) is 9.55 Å². The van der Waals surface area contributed by atoms with Crippen molar-refractivity contribution < 1.29 is 21.6 Å². The van der Waals surface area contributed by atoms with E-state index in [4.69, 9.17) is 0 Å². The van der Waals surface area contributed by atoms with E-state index in [9.17, 15) is 21.6 Å². The fourth-order valence-corrected chi connectivity index (χ4v) is 4.29. The zero-order chi connectivity index (χ0) is 20.0. The highest BCUT2D eigenvalue weighted by Crippen LogP contribution is 2.40. The average molecular weight is 400 g/mol. The van der Waals surface area contributed by atoms with Crippen molar-refractivity contribution >= 4 is 9.84 Å². The first-order chi connectivity index (χ1) is 12.5. The summed E-state index contributed by atoms with van der Waals surface area (Å²) in [6.07, 6.45) is 0.107. The zero-order valence-electron chi connectivity index (χ0n) is 15.5. The molecule has 8 heteroatoms. The lowest BCUT2D eigenvalue weighted by atomic mass is 9.75. The molecule has 1 aliphatic rings. The fraction of sp³-hybridized carbons (Fsp3) is 0.526. The molecule has 0 amide bonds. The van der Waals surface area contributed by atoms with Crippen LogP contribution in [0.5, 0.6) is 0 Å². The monoisotopic (exact) mass is 400 g/mol.